The van der Waals surface area contributed by atoms with Crippen molar-refractivity contribution in [3.8, 4) is 0 Å². The van der Waals surface area contributed by atoms with E-state index in [0.29, 0.717) is 0 Å². The highest BCUT2D eigenvalue weighted by Crippen LogP contribution is 2.30. The van der Waals surface area contributed by atoms with E-state index in [1.165, 1.54) is 5.51 Å². The number of thiazole rings is 1. The molecule has 0 amide bonds. The molecule has 2 rings (SSSR count). The van der Waals surface area contributed by atoms with Crippen molar-refractivity contribution in [2.24, 2.45) is 0 Å². The van der Waals surface area contributed by atoms with Gasteiger partial charge in [-0.15, -0.1) is 11.3 Å². The van der Waals surface area contributed by atoms with Crippen LogP contribution >= 0.6 is 27.3 Å². The van der Waals surface area contributed by atoms with Crippen LogP contribution in [0, 0.1) is 11.6 Å². The summed E-state index contributed by atoms with van der Waals surface area (Å²) >= 11 is 3.90. The monoisotopic (exact) mass is 334 g/mol. The molecule has 2 aromatic rings. The number of halogens is 3. The molecule has 1 aromatic carbocycles. The predicted octanol–water partition coefficient (Wildman–Crippen LogP) is 3.63. The Morgan fingerprint density at radius 1 is 1.39 bits per heavy atom. The molecule has 0 saturated carbocycles. The van der Waals surface area contributed by atoms with Gasteiger partial charge in [-0.1, -0.05) is 15.9 Å². The van der Waals surface area contributed by atoms with Crippen LogP contribution in [-0.4, -0.2) is 16.1 Å². The fourth-order valence-electron chi connectivity index (χ4n) is 1.26. The molecular formula is C10H5BrF2N2O2S. The minimum absolute atomic E-state index is 0.0719. The van der Waals surface area contributed by atoms with Crippen molar-refractivity contribution in [3.63, 3.8) is 0 Å². The van der Waals surface area contributed by atoms with Crippen LogP contribution in [-0.2, 0) is 0 Å². The maximum atomic E-state index is 13.5. The van der Waals surface area contributed by atoms with Gasteiger partial charge in [-0.2, -0.15) is 0 Å². The van der Waals surface area contributed by atoms with Gasteiger partial charge in [-0.05, 0) is 12.1 Å². The predicted molar refractivity (Wildman–Crippen MR) is 66.4 cm³/mol. The summed E-state index contributed by atoms with van der Waals surface area (Å²) in [6, 6.07) is 2.15. The summed E-state index contributed by atoms with van der Waals surface area (Å²) < 4.78 is 27.3. The molecule has 0 spiro atoms. The van der Waals surface area contributed by atoms with E-state index in [2.05, 4.69) is 26.2 Å². The number of aromatic carboxylic acids is 1. The first-order chi connectivity index (χ1) is 8.49. The zero-order chi connectivity index (χ0) is 13.3. The normalized spacial score (nSPS) is 10.4. The molecule has 0 atom stereocenters. The summed E-state index contributed by atoms with van der Waals surface area (Å²) in [4.78, 5) is 14.4. The number of benzene rings is 1. The first kappa shape index (κ1) is 12.9. The number of rotatable bonds is 3. The van der Waals surface area contributed by atoms with Crippen LogP contribution in [0.4, 0.5) is 19.5 Å². The first-order valence-corrected chi connectivity index (χ1v) is 6.24. The number of carboxylic acids is 1. The van der Waals surface area contributed by atoms with E-state index in [1.54, 1.807) is 0 Å². The Kier molecular flexibility index (Phi) is 3.58. The number of hydrogen-bond donors (Lipinski definition) is 2. The molecule has 2 N–H and O–H groups in total. The van der Waals surface area contributed by atoms with Crippen molar-refractivity contribution in [1.29, 1.82) is 0 Å². The Morgan fingerprint density at radius 2 is 2.00 bits per heavy atom. The second-order valence-electron chi connectivity index (χ2n) is 3.20. The van der Waals surface area contributed by atoms with E-state index < -0.39 is 23.3 Å². The molecule has 0 aliphatic heterocycles. The molecule has 0 fully saturated rings. The lowest BCUT2D eigenvalue weighted by molar-refractivity contribution is 0.0692. The van der Waals surface area contributed by atoms with Gasteiger partial charge in [-0.3, -0.25) is 0 Å². The average Bonchev–Trinajstić information content (AvgIpc) is 2.71. The third-order valence-electron chi connectivity index (χ3n) is 2.02. The van der Waals surface area contributed by atoms with Crippen LogP contribution in [0.25, 0.3) is 0 Å². The molecule has 0 saturated heterocycles. The standard InChI is InChI=1S/C10H5BrF2N2O2S/c11-4-1-5(12)7(6(13)2-4)15-9-8(10(16)17)14-3-18-9/h1-3,15H,(H,16,17). The van der Waals surface area contributed by atoms with Crippen molar-refractivity contribution >= 4 is 43.9 Å². The second-order valence-corrected chi connectivity index (χ2v) is 4.98. The first-order valence-electron chi connectivity index (χ1n) is 4.57. The quantitative estimate of drug-likeness (QED) is 0.899. The lowest BCUT2D eigenvalue weighted by atomic mass is 10.3. The van der Waals surface area contributed by atoms with Crippen molar-refractivity contribution < 1.29 is 18.7 Å². The molecule has 8 heteroatoms. The maximum absolute atomic E-state index is 13.5. The van der Waals surface area contributed by atoms with E-state index in [0.717, 1.165) is 23.5 Å². The van der Waals surface area contributed by atoms with Crippen LogP contribution in [0.5, 0.6) is 0 Å². The third kappa shape index (κ3) is 2.49. The summed E-state index contributed by atoms with van der Waals surface area (Å²) in [6.45, 7) is 0. The molecule has 0 radical (unpaired) electrons. The molecular weight excluding hydrogens is 330 g/mol. The van der Waals surface area contributed by atoms with Crippen LogP contribution in [0.15, 0.2) is 22.1 Å². The lowest BCUT2D eigenvalue weighted by Gasteiger charge is -2.07. The number of nitrogens with one attached hydrogen (secondary N) is 1. The van der Waals surface area contributed by atoms with Gasteiger partial charge < -0.3 is 10.4 Å². The fourth-order valence-corrected chi connectivity index (χ4v) is 2.34. The Morgan fingerprint density at radius 3 is 2.56 bits per heavy atom. The number of nitrogens with zero attached hydrogens (tertiary/aromatic N) is 1. The Balaban J connectivity index is 2.40. The van der Waals surface area contributed by atoms with Crippen LogP contribution < -0.4 is 5.32 Å². The minimum atomic E-state index is -1.27. The SMILES string of the molecule is O=C(O)c1ncsc1Nc1c(F)cc(Br)cc1F. The number of carbonyl (C=O) groups is 1. The van der Waals surface area contributed by atoms with Gasteiger partial charge in [0.25, 0.3) is 0 Å². The Labute approximate surface area is 112 Å². The topological polar surface area (TPSA) is 62.2 Å². The summed E-state index contributed by atoms with van der Waals surface area (Å²) in [5, 5.41) is 11.3. The Bertz CT molecular complexity index is 595. The van der Waals surface area contributed by atoms with E-state index in [-0.39, 0.29) is 15.2 Å². The smallest absolute Gasteiger partial charge is 0.357 e. The van der Waals surface area contributed by atoms with Crippen LogP contribution in [0.1, 0.15) is 10.5 Å². The average molecular weight is 335 g/mol. The summed E-state index contributed by atoms with van der Waals surface area (Å²) in [5.74, 6) is -2.92. The van der Waals surface area contributed by atoms with E-state index in [1.807, 2.05) is 0 Å². The zero-order valence-electron chi connectivity index (χ0n) is 8.58. The summed E-state index contributed by atoms with van der Waals surface area (Å²) in [6.07, 6.45) is 0. The second kappa shape index (κ2) is 4.99. The molecule has 94 valence electrons. The molecule has 1 heterocycles. The molecule has 0 bridgehead atoms. The van der Waals surface area contributed by atoms with Crippen molar-refractivity contribution in [2.45, 2.75) is 0 Å². The minimum Gasteiger partial charge on any atom is -0.476 e. The number of carboxylic acid groups (broad SMARTS) is 1. The summed E-state index contributed by atoms with van der Waals surface area (Å²) in [7, 11) is 0. The van der Waals surface area contributed by atoms with E-state index in [9.17, 15) is 13.6 Å². The third-order valence-corrected chi connectivity index (χ3v) is 3.22. The van der Waals surface area contributed by atoms with Gasteiger partial charge in [0.15, 0.2) is 17.3 Å². The molecule has 0 aliphatic rings. The van der Waals surface area contributed by atoms with Gasteiger partial charge in [0.05, 0.1) is 5.51 Å². The maximum Gasteiger partial charge on any atom is 0.357 e. The van der Waals surface area contributed by atoms with Gasteiger partial charge in [0, 0.05) is 4.47 Å². The van der Waals surface area contributed by atoms with Crippen molar-refractivity contribution in [3.05, 3.63) is 39.4 Å². The lowest BCUT2D eigenvalue weighted by Crippen LogP contribution is -2.03. The fraction of sp³-hybridized carbons (Fsp3) is 0. The highest BCUT2D eigenvalue weighted by atomic mass is 79.9. The van der Waals surface area contributed by atoms with Crippen LogP contribution in [0.2, 0.25) is 0 Å². The molecule has 0 aliphatic carbocycles. The number of aromatic nitrogens is 1. The summed E-state index contributed by atoms with van der Waals surface area (Å²) in [5.41, 5.74) is 0.590. The highest BCUT2D eigenvalue weighted by Gasteiger charge is 2.17. The van der Waals surface area contributed by atoms with Crippen molar-refractivity contribution in [2.75, 3.05) is 5.32 Å². The van der Waals surface area contributed by atoms with Gasteiger partial charge in [0.2, 0.25) is 0 Å². The largest absolute Gasteiger partial charge is 0.476 e. The zero-order valence-corrected chi connectivity index (χ0v) is 11.0. The van der Waals surface area contributed by atoms with Gasteiger partial charge in [-0.25, -0.2) is 18.6 Å². The molecule has 4 nitrogen and oxygen atoms in total. The van der Waals surface area contributed by atoms with E-state index in [4.69, 9.17) is 5.11 Å². The Hall–Kier alpha value is -1.54. The number of anilines is 2. The van der Waals surface area contributed by atoms with Crippen LogP contribution in [0.3, 0.4) is 0 Å². The highest BCUT2D eigenvalue weighted by molar-refractivity contribution is 9.10. The molecule has 0 unspecified atom stereocenters. The number of hydrogen-bond acceptors (Lipinski definition) is 4. The van der Waals surface area contributed by atoms with E-state index >= 15 is 0 Å². The van der Waals surface area contributed by atoms with Gasteiger partial charge >= 0.3 is 5.97 Å². The van der Waals surface area contributed by atoms with Gasteiger partial charge in [0.1, 0.15) is 10.7 Å². The molecule has 18 heavy (non-hydrogen) atoms. The van der Waals surface area contributed by atoms with Crippen molar-refractivity contribution in [1.82, 2.24) is 4.98 Å². The molecule has 1 aromatic heterocycles.